The maximum absolute atomic E-state index is 3.36. The van der Waals surface area contributed by atoms with Crippen LogP contribution in [-0.4, -0.2) is 35.0 Å². The van der Waals surface area contributed by atoms with E-state index in [-0.39, 0.29) is 0 Å². The van der Waals surface area contributed by atoms with Gasteiger partial charge in [0.05, 0.1) is 0 Å². The van der Waals surface area contributed by atoms with Gasteiger partial charge in [-0.25, -0.2) is 0 Å². The number of aromatic nitrogens is 2. The molecule has 0 atom stereocenters. The van der Waals surface area contributed by atoms with Crippen LogP contribution in [0.4, 0.5) is 0 Å². The Hall–Kier alpha value is -2.52. The van der Waals surface area contributed by atoms with E-state index >= 15 is 0 Å². The molecule has 24 heavy (non-hydrogen) atoms. The summed E-state index contributed by atoms with van der Waals surface area (Å²) in [5.41, 5.74) is 5.27. The van der Waals surface area contributed by atoms with Gasteiger partial charge in [0.25, 0.3) is 0 Å². The molecule has 0 aliphatic carbocycles. The highest BCUT2D eigenvalue weighted by Gasteiger charge is 2.07. The molecule has 4 rings (SSSR count). The Morgan fingerprint density at radius 1 is 0.708 bits per heavy atom. The Labute approximate surface area is 142 Å². The Kier molecular flexibility index (Phi) is 4.09. The SMILES string of the molecule is CN(CCc1c[nH]c2ccccc12)CCc1c[nH]c2ccccc12. The molecule has 0 spiro atoms. The fraction of sp³-hybridized carbons (Fsp3) is 0.238. The van der Waals surface area contributed by atoms with Crippen LogP contribution in [0.15, 0.2) is 60.9 Å². The molecule has 0 unspecified atom stereocenters. The molecule has 0 saturated heterocycles. The first-order chi connectivity index (χ1) is 11.8. The second-order valence-corrected chi connectivity index (χ2v) is 6.52. The van der Waals surface area contributed by atoms with E-state index in [0.717, 1.165) is 25.9 Å². The van der Waals surface area contributed by atoms with Crippen LogP contribution in [-0.2, 0) is 12.8 Å². The number of nitrogens with one attached hydrogen (secondary N) is 2. The molecule has 0 saturated carbocycles. The maximum Gasteiger partial charge on any atom is 0.0456 e. The molecule has 2 heterocycles. The first-order valence-electron chi connectivity index (χ1n) is 8.60. The van der Waals surface area contributed by atoms with Crippen molar-refractivity contribution in [1.29, 1.82) is 0 Å². The van der Waals surface area contributed by atoms with Gasteiger partial charge in [0.1, 0.15) is 0 Å². The molecular weight excluding hydrogens is 294 g/mol. The van der Waals surface area contributed by atoms with Crippen LogP contribution in [0.5, 0.6) is 0 Å². The maximum atomic E-state index is 3.36. The van der Waals surface area contributed by atoms with E-state index in [1.54, 1.807) is 0 Å². The highest BCUT2D eigenvalue weighted by Crippen LogP contribution is 2.19. The average Bonchev–Trinajstić information content (AvgIpc) is 3.22. The normalized spacial score (nSPS) is 11.8. The van der Waals surface area contributed by atoms with Crippen molar-refractivity contribution in [2.24, 2.45) is 0 Å². The highest BCUT2D eigenvalue weighted by atomic mass is 15.1. The summed E-state index contributed by atoms with van der Waals surface area (Å²) in [6.07, 6.45) is 6.46. The van der Waals surface area contributed by atoms with Crippen LogP contribution in [0, 0.1) is 0 Å². The largest absolute Gasteiger partial charge is 0.361 e. The molecule has 3 nitrogen and oxygen atoms in total. The van der Waals surface area contributed by atoms with Gasteiger partial charge in [-0.15, -0.1) is 0 Å². The van der Waals surface area contributed by atoms with Gasteiger partial charge in [0.15, 0.2) is 0 Å². The summed E-state index contributed by atoms with van der Waals surface area (Å²) in [4.78, 5) is 9.15. The number of benzene rings is 2. The van der Waals surface area contributed by atoms with E-state index in [1.807, 2.05) is 0 Å². The number of nitrogens with zero attached hydrogens (tertiary/aromatic N) is 1. The molecule has 2 aromatic carbocycles. The van der Waals surface area contributed by atoms with Crippen LogP contribution >= 0.6 is 0 Å². The zero-order valence-corrected chi connectivity index (χ0v) is 14.0. The molecule has 0 bridgehead atoms. The Morgan fingerprint density at radius 2 is 1.17 bits per heavy atom. The topological polar surface area (TPSA) is 34.8 Å². The number of likely N-dealkylation sites (N-methyl/N-ethyl adjacent to an activating group) is 1. The number of aromatic amines is 2. The number of rotatable bonds is 6. The average molecular weight is 317 g/mol. The van der Waals surface area contributed by atoms with Crippen molar-refractivity contribution in [2.45, 2.75) is 12.8 Å². The van der Waals surface area contributed by atoms with Crippen LogP contribution in [0.3, 0.4) is 0 Å². The molecule has 122 valence electrons. The number of hydrogen-bond acceptors (Lipinski definition) is 1. The van der Waals surface area contributed by atoms with E-state index in [4.69, 9.17) is 0 Å². The third kappa shape index (κ3) is 2.95. The third-order valence-corrected chi connectivity index (χ3v) is 4.88. The van der Waals surface area contributed by atoms with E-state index in [1.165, 1.54) is 32.9 Å². The lowest BCUT2D eigenvalue weighted by Crippen LogP contribution is -2.23. The van der Waals surface area contributed by atoms with Crippen molar-refractivity contribution in [2.75, 3.05) is 20.1 Å². The summed E-state index contributed by atoms with van der Waals surface area (Å²) < 4.78 is 0. The summed E-state index contributed by atoms with van der Waals surface area (Å²) in [6, 6.07) is 17.1. The molecule has 0 fully saturated rings. The minimum Gasteiger partial charge on any atom is -0.361 e. The number of hydrogen-bond donors (Lipinski definition) is 2. The van der Waals surface area contributed by atoms with Crippen molar-refractivity contribution < 1.29 is 0 Å². The minimum atomic E-state index is 1.07. The number of H-pyrrole nitrogens is 2. The van der Waals surface area contributed by atoms with Crippen molar-refractivity contribution in [3.63, 3.8) is 0 Å². The standard InChI is InChI=1S/C21H23N3/c1-24(12-10-16-14-22-20-8-4-2-6-18(16)20)13-11-17-15-23-21-9-5-3-7-19(17)21/h2-9,14-15,22-23H,10-13H2,1H3. The first kappa shape index (κ1) is 15.0. The molecule has 2 aromatic heterocycles. The van der Waals surface area contributed by atoms with Crippen LogP contribution in [0.2, 0.25) is 0 Å². The summed E-state index contributed by atoms with van der Waals surface area (Å²) in [5.74, 6) is 0. The summed E-state index contributed by atoms with van der Waals surface area (Å²) in [6.45, 7) is 2.15. The van der Waals surface area contributed by atoms with E-state index in [9.17, 15) is 0 Å². The third-order valence-electron chi connectivity index (χ3n) is 4.88. The molecular formula is C21H23N3. The van der Waals surface area contributed by atoms with Gasteiger partial charge in [-0.1, -0.05) is 36.4 Å². The van der Waals surface area contributed by atoms with Crippen LogP contribution < -0.4 is 0 Å². The summed E-state index contributed by atoms with van der Waals surface area (Å²) in [7, 11) is 2.21. The van der Waals surface area contributed by atoms with Gasteiger partial charge in [-0.2, -0.15) is 0 Å². The second-order valence-electron chi connectivity index (χ2n) is 6.52. The van der Waals surface area contributed by atoms with Crippen molar-refractivity contribution in [3.8, 4) is 0 Å². The monoisotopic (exact) mass is 317 g/mol. The second kappa shape index (κ2) is 6.54. The smallest absolute Gasteiger partial charge is 0.0456 e. The van der Waals surface area contributed by atoms with Gasteiger partial charge >= 0.3 is 0 Å². The van der Waals surface area contributed by atoms with Crippen molar-refractivity contribution >= 4 is 21.8 Å². The fourth-order valence-electron chi connectivity index (χ4n) is 3.41. The lowest BCUT2D eigenvalue weighted by molar-refractivity contribution is 0.343. The van der Waals surface area contributed by atoms with E-state index in [2.05, 4.69) is 82.8 Å². The molecule has 3 heteroatoms. The van der Waals surface area contributed by atoms with Gasteiger partial charge in [0.2, 0.25) is 0 Å². The molecule has 0 amide bonds. The Balaban J connectivity index is 1.36. The summed E-state index contributed by atoms with van der Waals surface area (Å²) >= 11 is 0. The molecule has 2 N–H and O–H groups in total. The van der Waals surface area contributed by atoms with E-state index in [0.29, 0.717) is 0 Å². The summed E-state index contributed by atoms with van der Waals surface area (Å²) in [5, 5.41) is 2.70. The van der Waals surface area contributed by atoms with Gasteiger partial charge < -0.3 is 14.9 Å². The molecule has 0 aliphatic heterocycles. The predicted molar refractivity (Wildman–Crippen MR) is 102 cm³/mol. The quantitative estimate of drug-likeness (QED) is 0.544. The van der Waals surface area contributed by atoms with Gasteiger partial charge in [-0.05, 0) is 43.1 Å². The zero-order valence-electron chi connectivity index (χ0n) is 14.0. The minimum absolute atomic E-state index is 1.07. The number of fused-ring (bicyclic) bond motifs is 2. The lowest BCUT2D eigenvalue weighted by atomic mass is 10.1. The number of para-hydroxylation sites is 2. The lowest BCUT2D eigenvalue weighted by Gasteiger charge is -2.16. The van der Waals surface area contributed by atoms with E-state index < -0.39 is 0 Å². The molecule has 4 aromatic rings. The van der Waals surface area contributed by atoms with Gasteiger partial charge in [-0.3, -0.25) is 0 Å². The first-order valence-corrected chi connectivity index (χ1v) is 8.60. The van der Waals surface area contributed by atoms with Gasteiger partial charge in [0, 0.05) is 47.3 Å². The Bertz CT molecular complexity index is 870. The van der Waals surface area contributed by atoms with Crippen molar-refractivity contribution in [1.82, 2.24) is 14.9 Å². The van der Waals surface area contributed by atoms with Crippen LogP contribution in [0.1, 0.15) is 11.1 Å². The van der Waals surface area contributed by atoms with Crippen LogP contribution in [0.25, 0.3) is 21.8 Å². The highest BCUT2D eigenvalue weighted by molar-refractivity contribution is 5.83. The molecule has 0 radical (unpaired) electrons. The van der Waals surface area contributed by atoms with Crippen molar-refractivity contribution in [3.05, 3.63) is 72.1 Å². The Morgan fingerprint density at radius 3 is 1.67 bits per heavy atom. The predicted octanol–water partition coefficient (Wildman–Crippen LogP) is 4.37. The zero-order chi connectivity index (χ0) is 16.4. The molecule has 0 aliphatic rings. The fourth-order valence-corrected chi connectivity index (χ4v) is 3.41.